The summed E-state index contributed by atoms with van der Waals surface area (Å²) < 4.78 is 0. The van der Waals surface area contributed by atoms with E-state index < -0.39 is 0 Å². The number of nitrogens with zero attached hydrogens (tertiary/aromatic N) is 2. The Hall–Kier alpha value is -0.340. The van der Waals surface area contributed by atoms with Gasteiger partial charge in [0.05, 0.1) is 5.10 Å². The van der Waals surface area contributed by atoms with Gasteiger partial charge < -0.3 is 0 Å². The van der Waals surface area contributed by atoms with Gasteiger partial charge in [-0.1, -0.05) is 11.6 Å². The summed E-state index contributed by atoms with van der Waals surface area (Å²) >= 11 is 10.9. The average Bonchev–Trinajstić information content (AvgIpc) is 1.77. The molecule has 0 N–H and O–H groups in total. The molecule has 0 aromatic rings. The van der Waals surface area contributed by atoms with Gasteiger partial charge in [0, 0.05) is 11.6 Å². The van der Waals surface area contributed by atoms with Gasteiger partial charge in [-0.05, 0) is 6.08 Å². The predicted molar refractivity (Wildman–Crippen MR) is 35.4 cm³/mol. The lowest BCUT2D eigenvalue weighted by molar-refractivity contribution is 1.11. The largest absolute Gasteiger partial charge is 0.399 e. The summed E-state index contributed by atoms with van der Waals surface area (Å²) in [5.41, 5.74) is 0. The van der Waals surface area contributed by atoms with Crippen molar-refractivity contribution in [1.29, 1.82) is 0 Å². The molecule has 0 fully saturated rings. The van der Waals surface area contributed by atoms with Crippen molar-refractivity contribution in [3.8, 4) is 0 Å². The van der Waals surface area contributed by atoms with E-state index in [2.05, 4.69) is 10.2 Å². The fourth-order valence-corrected chi connectivity index (χ4v) is 0.500. The molecule has 0 saturated heterocycles. The van der Waals surface area contributed by atoms with E-state index in [1.165, 1.54) is 6.21 Å². The third kappa shape index (κ3) is 1.08. The first kappa shape index (κ1) is 5.79. The minimum absolute atomic E-state index is 0.245. The zero-order chi connectivity index (χ0) is 5.98. The maximum atomic E-state index is 5.47. The molecule has 1 aliphatic rings. The maximum Gasteiger partial charge on any atom is 0.399 e. The highest BCUT2D eigenvalue weighted by molar-refractivity contribution is 6.76. The third-order valence-electron chi connectivity index (χ3n) is 0.630. The Morgan fingerprint density at radius 2 is 2.25 bits per heavy atom. The van der Waals surface area contributed by atoms with Crippen molar-refractivity contribution in [3.63, 3.8) is 0 Å². The van der Waals surface area contributed by atoms with E-state index in [9.17, 15) is 0 Å². The van der Waals surface area contributed by atoms with Gasteiger partial charge in [-0.2, -0.15) is 0 Å². The van der Waals surface area contributed by atoms with Gasteiger partial charge in [0.2, 0.25) is 5.10 Å². The Kier molecular flexibility index (Phi) is 1.65. The second-order valence-electron chi connectivity index (χ2n) is 1.17. The van der Waals surface area contributed by atoms with Gasteiger partial charge in [-0.3, -0.25) is 0 Å². The molecule has 0 bridgehead atoms. The van der Waals surface area contributed by atoms with Gasteiger partial charge in [-0.25, -0.2) is 0 Å². The second-order valence-corrected chi connectivity index (χ2v) is 1.94. The lowest BCUT2D eigenvalue weighted by Crippen LogP contribution is -1.99. The first-order valence-corrected chi connectivity index (χ1v) is 2.69. The van der Waals surface area contributed by atoms with E-state index in [-0.39, 0.29) is 5.17 Å². The molecule has 8 heavy (non-hydrogen) atoms. The molecule has 0 aliphatic carbocycles. The number of hydrogen-bond acceptors (Lipinski definition) is 2. The summed E-state index contributed by atoms with van der Waals surface area (Å²) in [6.07, 6.45) is 3.06. The highest BCUT2D eigenvalue weighted by atomic mass is 35.5. The minimum atomic E-state index is 0.245. The van der Waals surface area contributed by atoms with Crippen molar-refractivity contribution in [3.05, 3.63) is 11.1 Å². The lowest BCUT2D eigenvalue weighted by Gasteiger charge is -1.79. The summed E-state index contributed by atoms with van der Waals surface area (Å²) in [6, 6.07) is 0. The molecule has 1 aliphatic heterocycles. The second kappa shape index (κ2) is 2.29. The molecule has 41 valence electrons. The normalized spacial score (nSPS) is 17.8. The monoisotopic (exact) mass is 148 g/mol. The Labute approximate surface area is 56.5 Å². The first-order chi connectivity index (χ1) is 3.80. The van der Waals surface area contributed by atoms with E-state index >= 15 is 0 Å². The van der Waals surface area contributed by atoms with Crippen LogP contribution in [0.5, 0.6) is 0 Å². The van der Waals surface area contributed by atoms with Gasteiger partial charge in [-0.15, -0.1) is 0 Å². The molecule has 0 saturated carbocycles. The number of hydrogen-bond donors (Lipinski definition) is 0. The molecular weight excluding hydrogens is 147 g/mol. The van der Waals surface area contributed by atoms with E-state index in [0.717, 1.165) is 0 Å². The quantitative estimate of drug-likeness (QED) is 0.492. The zero-order valence-corrected chi connectivity index (χ0v) is 5.32. The van der Waals surface area contributed by atoms with Crippen LogP contribution in [0.1, 0.15) is 0 Å². The first-order valence-electron chi connectivity index (χ1n) is 1.93. The van der Waals surface area contributed by atoms with E-state index in [1.807, 2.05) is 0 Å². The van der Waals surface area contributed by atoms with Gasteiger partial charge in [0.1, 0.15) is 11.2 Å². The molecule has 0 amide bonds. The number of halogens is 2. The third-order valence-corrected chi connectivity index (χ3v) is 1.31. The highest BCUT2D eigenvalue weighted by Crippen LogP contribution is 2.05. The summed E-state index contributed by atoms with van der Waals surface area (Å²) in [5, 5.41) is 7.62. The van der Waals surface area contributed by atoms with Gasteiger partial charge in [0.25, 0.3) is 0 Å². The zero-order valence-electron chi connectivity index (χ0n) is 3.81. The Morgan fingerprint density at radius 3 is 2.62 bits per heavy atom. The van der Waals surface area contributed by atoms with Gasteiger partial charge in [0.15, 0.2) is 0 Å². The molecule has 0 unspecified atom stereocenters. The van der Waals surface area contributed by atoms with E-state index in [4.69, 9.17) is 23.2 Å². The van der Waals surface area contributed by atoms with Crippen LogP contribution in [0.4, 0.5) is 0 Å². The van der Waals surface area contributed by atoms with E-state index in [0.29, 0.717) is 5.03 Å². The molecule has 2 nitrogen and oxygen atoms in total. The summed E-state index contributed by atoms with van der Waals surface area (Å²) in [5.74, 6) is 0. The molecule has 0 aromatic heterocycles. The average molecular weight is 149 g/mol. The minimum Gasteiger partial charge on any atom is -0.0754 e. The van der Waals surface area contributed by atoms with Crippen molar-refractivity contribution in [2.45, 2.75) is 0 Å². The fourth-order valence-electron chi connectivity index (χ4n) is 0.299. The van der Waals surface area contributed by atoms with Crippen LogP contribution < -0.4 is 5.10 Å². The molecule has 0 spiro atoms. The van der Waals surface area contributed by atoms with Crippen molar-refractivity contribution in [2.75, 3.05) is 0 Å². The predicted octanol–water partition coefficient (Wildman–Crippen LogP) is 1.08. The van der Waals surface area contributed by atoms with Crippen LogP contribution >= 0.6 is 23.2 Å². The van der Waals surface area contributed by atoms with Crippen molar-refractivity contribution in [1.82, 2.24) is 5.10 Å². The topological polar surface area (TPSA) is 26.5 Å². The standard InChI is InChI=1S/C4H2Cl2N2/c5-3-1-2-7-8-4(3)6/h1-2H/q+1. The summed E-state index contributed by atoms with van der Waals surface area (Å²) in [7, 11) is 0. The maximum absolute atomic E-state index is 5.47. The molecular formula is C4H2Cl2N2+. The SMILES string of the molecule is ClC1=CC=N[N+]=C1Cl. The smallest absolute Gasteiger partial charge is 0.0754 e. The lowest BCUT2D eigenvalue weighted by atomic mass is 10.5. The Bertz CT molecular complexity index is 160. The number of rotatable bonds is 0. The molecule has 1 rings (SSSR count). The van der Waals surface area contributed by atoms with Crippen LogP contribution in [-0.4, -0.2) is 11.4 Å². The molecule has 1 heterocycles. The Balaban J connectivity index is 2.93. The molecule has 1 radical (unpaired) electrons. The van der Waals surface area contributed by atoms with Crippen LogP contribution in [0.15, 0.2) is 16.2 Å². The highest BCUT2D eigenvalue weighted by Gasteiger charge is 2.14. The number of allylic oxidation sites excluding steroid dienone is 2. The van der Waals surface area contributed by atoms with Crippen LogP contribution in [0.2, 0.25) is 0 Å². The van der Waals surface area contributed by atoms with Crippen LogP contribution in [0.3, 0.4) is 0 Å². The molecule has 0 aromatic carbocycles. The van der Waals surface area contributed by atoms with Crippen LogP contribution in [0, 0.1) is 0 Å². The van der Waals surface area contributed by atoms with Crippen molar-refractivity contribution in [2.24, 2.45) is 5.10 Å². The fraction of sp³-hybridized carbons (Fsp3) is 0. The van der Waals surface area contributed by atoms with Gasteiger partial charge >= 0.3 is 5.17 Å². The van der Waals surface area contributed by atoms with Crippen molar-refractivity contribution < 1.29 is 0 Å². The summed E-state index contributed by atoms with van der Waals surface area (Å²) in [4.78, 5) is 0. The Morgan fingerprint density at radius 1 is 1.50 bits per heavy atom. The van der Waals surface area contributed by atoms with Crippen LogP contribution in [0.25, 0.3) is 0 Å². The molecule has 0 atom stereocenters. The molecule has 4 heteroatoms. The van der Waals surface area contributed by atoms with Crippen molar-refractivity contribution >= 4 is 34.6 Å². The van der Waals surface area contributed by atoms with Crippen LogP contribution in [-0.2, 0) is 0 Å². The summed E-state index contributed by atoms with van der Waals surface area (Å²) in [6.45, 7) is 0. The van der Waals surface area contributed by atoms with E-state index in [1.54, 1.807) is 6.08 Å².